The predicted molar refractivity (Wildman–Crippen MR) is 84.8 cm³/mol. The molecule has 2 rings (SSSR count). The molecule has 5 heteroatoms. The van der Waals surface area contributed by atoms with Gasteiger partial charge in [-0.3, -0.25) is 4.68 Å². The first kappa shape index (κ1) is 15.6. The second-order valence-corrected chi connectivity index (χ2v) is 5.92. The maximum atomic E-state index is 10.8. The van der Waals surface area contributed by atoms with E-state index in [2.05, 4.69) is 25.0 Å². The molecule has 0 unspecified atom stereocenters. The molecule has 0 bridgehead atoms. The molecule has 0 atom stereocenters. The normalized spacial score (nSPS) is 11.0. The molecule has 4 nitrogen and oxygen atoms in total. The molecular weight excluding hydrogens is 284 g/mol. The van der Waals surface area contributed by atoms with Crippen molar-refractivity contribution in [1.29, 1.82) is 0 Å². The lowest BCUT2D eigenvalue weighted by molar-refractivity contribution is 0.0697. The number of nitrogens with zero attached hydrogens (tertiary/aromatic N) is 2. The fourth-order valence-electron chi connectivity index (χ4n) is 2.17. The highest BCUT2D eigenvalue weighted by atomic mass is 32.2. The van der Waals surface area contributed by atoms with E-state index in [1.165, 1.54) is 0 Å². The van der Waals surface area contributed by atoms with Crippen molar-refractivity contribution >= 4 is 17.7 Å². The molecule has 112 valence electrons. The summed E-state index contributed by atoms with van der Waals surface area (Å²) in [5.74, 6) is -0.102. The van der Waals surface area contributed by atoms with E-state index in [-0.39, 0.29) is 0 Å². The Balaban J connectivity index is 1.95. The molecule has 0 saturated heterocycles. The highest BCUT2D eigenvalue weighted by Crippen LogP contribution is 2.23. The Morgan fingerprint density at radius 3 is 2.48 bits per heavy atom. The second kappa shape index (κ2) is 7.31. The zero-order chi connectivity index (χ0) is 15.2. The van der Waals surface area contributed by atoms with Crippen molar-refractivity contribution in [2.45, 2.75) is 43.4 Å². The van der Waals surface area contributed by atoms with Gasteiger partial charge in [0.1, 0.15) is 0 Å². The Kier molecular flexibility index (Phi) is 5.44. The molecule has 2 aromatic rings. The highest BCUT2D eigenvalue weighted by Gasteiger charge is 2.08. The zero-order valence-electron chi connectivity index (χ0n) is 12.3. The van der Waals surface area contributed by atoms with Crippen LogP contribution in [0.3, 0.4) is 0 Å². The van der Waals surface area contributed by atoms with Crippen molar-refractivity contribution in [3.8, 4) is 0 Å². The molecule has 0 saturated carbocycles. The van der Waals surface area contributed by atoms with Crippen molar-refractivity contribution in [1.82, 2.24) is 9.78 Å². The number of hydrogen-bond donors (Lipinski definition) is 1. The summed E-state index contributed by atoms with van der Waals surface area (Å²) >= 11 is 1.67. The third-order valence-corrected chi connectivity index (χ3v) is 4.51. The Bertz CT molecular complexity index is 589. The van der Waals surface area contributed by atoms with E-state index in [1.54, 1.807) is 23.9 Å². The molecule has 21 heavy (non-hydrogen) atoms. The highest BCUT2D eigenvalue weighted by molar-refractivity contribution is 7.98. The summed E-state index contributed by atoms with van der Waals surface area (Å²) in [6, 6.07) is 9.47. The summed E-state index contributed by atoms with van der Waals surface area (Å²) in [4.78, 5) is 11.8. The van der Waals surface area contributed by atoms with Gasteiger partial charge in [0.05, 0.1) is 17.3 Å². The number of carboxylic acids is 1. The quantitative estimate of drug-likeness (QED) is 0.778. The largest absolute Gasteiger partial charge is 0.478 e. The number of carbonyl (C=O) groups is 1. The number of thioether (sulfide) groups is 1. The minimum atomic E-state index is -0.893. The number of hydrogen-bond acceptors (Lipinski definition) is 3. The molecule has 1 heterocycles. The first-order valence-corrected chi connectivity index (χ1v) is 8.12. The van der Waals surface area contributed by atoms with E-state index in [4.69, 9.17) is 5.11 Å². The second-order valence-electron chi connectivity index (χ2n) is 4.88. The van der Waals surface area contributed by atoms with Gasteiger partial charge >= 0.3 is 5.97 Å². The van der Waals surface area contributed by atoms with Crippen molar-refractivity contribution in [3.05, 3.63) is 47.8 Å². The van der Waals surface area contributed by atoms with E-state index in [0.29, 0.717) is 11.6 Å². The molecule has 1 aromatic carbocycles. The van der Waals surface area contributed by atoms with Crippen LogP contribution in [0.4, 0.5) is 0 Å². The summed E-state index contributed by atoms with van der Waals surface area (Å²) < 4.78 is 2.05. The Labute approximate surface area is 129 Å². The van der Waals surface area contributed by atoms with Crippen molar-refractivity contribution in [3.63, 3.8) is 0 Å². The Morgan fingerprint density at radius 1 is 1.24 bits per heavy atom. The SMILES string of the molecule is CCC(CC)n1ccc(CSc2ccc(C(=O)O)cc2)n1. The van der Waals surface area contributed by atoms with Gasteiger partial charge in [0.15, 0.2) is 0 Å². The summed E-state index contributed by atoms with van der Waals surface area (Å²) in [6.07, 6.45) is 4.21. The monoisotopic (exact) mass is 304 g/mol. The van der Waals surface area contributed by atoms with Crippen LogP contribution in [-0.2, 0) is 5.75 Å². The Hall–Kier alpha value is -1.75. The lowest BCUT2D eigenvalue weighted by Crippen LogP contribution is -2.07. The summed E-state index contributed by atoms with van der Waals surface area (Å²) in [5.41, 5.74) is 1.37. The standard InChI is InChI=1S/C16H20N2O2S/c1-3-14(4-2)18-10-9-13(17-18)11-21-15-7-5-12(6-8-15)16(19)20/h5-10,14H,3-4,11H2,1-2H3,(H,19,20). The fourth-order valence-corrected chi connectivity index (χ4v) is 2.97. The van der Waals surface area contributed by atoms with Crippen molar-refractivity contribution < 1.29 is 9.90 Å². The van der Waals surface area contributed by atoms with Gasteiger partial charge in [-0.05, 0) is 43.2 Å². The smallest absolute Gasteiger partial charge is 0.335 e. The minimum absolute atomic E-state index is 0.317. The van der Waals surface area contributed by atoms with Gasteiger partial charge < -0.3 is 5.11 Å². The van der Waals surface area contributed by atoms with Gasteiger partial charge in [-0.1, -0.05) is 13.8 Å². The van der Waals surface area contributed by atoms with Gasteiger partial charge in [-0.15, -0.1) is 11.8 Å². The van der Waals surface area contributed by atoms with Gasteiger partial charge in [0, 0.05) is 16.8 Å². The van der Waals surface area contributed by atoms with E-state index >= 15 is 0 Å². The molecule has 1 aromatic heterocycles. The van der Waals surface area contributed by atoms with Crippen LogP contribution in [0, 0.1) is 0 Å². The van der Waals surface area contributed by atoms with Crippen LogP contribution in [0.2, 0.25) is 0 Å². The van der Waals surface area contributed by atoms with E-state index in [1.807, 2.05) is 23.0 Å². The molecule has 0 aliphatic rings. The van der Waals surface area contributed by atoms with Crippen LogP contribution in [0.1, 0.15) is 48.8 Å². The maximum Gasteiger partial charge on any atom is 0.335 e. The molecule has 0 amide bonds. The first-order valence-electron chi connectivity index (χ1n) is 7.14. The fraction of sp³-hybridized carbons (Fsp3) is 0.375. The van der Waals surface area contributed by atoms with E-state index in [0.717, 1.165) is 29.2 Å². The lowest BCUT2D eigenvalue weighted by atomic mass is 10.2. The van der Waals surface area contributed by atoms with Crippen LogP contribution in [0.25, 0.3) is 0 Å². The van der Waals surface area contributed by atoms with Crippen LogP contribution in [0.15, 0.2) is 41.4 Å². The molecule has 0 aliphatic heterocycles. The van der Waals surface area contributed by atoms with E-state index in [9.17, 15) is 4.79 Å². The molecular formula is C16H20N2O2S. The number of aromatic carboxylic acids is 1. The average molecular weight is 304 g/mol. The number of carboxylic acid groups (broad SMARTS) is 1. The van der Waals surface area contributed by atoms with Gasteiger partial charge in [0.25, 0.3) is 0 Å². The van der Waals surface area contributed by atoms with Crippen LogP contribution < -0.4 is 0 Å². The summed E-state index contributed by atoms with van der Waals surface area (Å²) in [6.45, 7) is 4.35. The average Bonchev–Trinajstić information content (AvgIpc) is 2.96. The van der Waals surface area contributed by atoms with Gasteiger partial charge in [-0.25, -0.2) is 4.79 Å². The van der Waals surface area contributed by atoms with Gasteiger partial charge in [-0.2, -0.15) is 5.10 Å². The predicted octanol–water partition coefficient (Wildman–Crippen LogP) is 4.23. The topological polar surface area (TPSA) is 55.1 Å². The van der Waals surface area contributed by atoms with Crippen LogP contribution >= 0.6 is 11.8 Å². The van der Waals surface area contributed by atoms with E-state index < -0.39 is 5.97 Å². The zero-order valence-corrected chi connectivity index (χ0v) is 13.1. The van der Waals surface area contributed by atoms with Crippen molar-refractivity contribution in [2.75, 3.05) is 0 Å². The number of rotatable bonds is 7. The van der Waals surface area contributed by atoms with Crippen molar-refractivity contribution in [2.24, 2.45) is 0 Å². The van der Waals surface area contributed by atoms with Gasteiger partial charge in [0.2, 0.25) is 0 Å². The first-order chi connectivity index (χ1) is 10.1. The molecule has 0 radical (unpaired) electrons. The molecule has 0 fully saturated rings. The number of benzene rings is 1. The maximum absolute atomic E-state index is 10.8. The van der Waals surface area contributed by atoms with Crippen LogP contribution in [0.5, 0.6) is 0 Å². The molecule has 1 N–H and O–H groups in total. The Morgan fingerprint density at radius 2 is 1.90 bits per heavy atom. The minimum Gasteiger partial charge on any atom is -0.478 e. The summed E-state index contributed by atoms with van der Waals surface area (Å²) in [5, 5.41) is 13.5. The number of aromatic nitrogens is 2. The lowest BCUT2D eigenvalue weighted by Gasteiger charge is -2.12. The molecule has 0 spiro atoms. The summed E-state index contributed by atoms with van der Waals surface area (Å²) in [7, 11) is 0. The third kappa shape index (κ3) is 4.11. The van der Waals surface area contributed by atoms with Crippen LogP contribution in [-0.4, -0.2) is 20.9 Å². The third-order valence-electron chi connectivity index (χ3n) is 3.47. The molecule has 0 aliphatic carbocycles.